The number of hydrazone groups is 1. The number of nitrogens with zero attached hydrogens (tertiary/aromatic N) is 2. The van der Waals surface area contributed by atoms with Gasteiger partial charge in [-0.2, -0.15) is 5.10 Å². The summed E-state index contributed by atoms with van der Waals surface area (Å²) in [6.45, 7) is 3.98. The van der Waals surface area contributed by atoms with Crippen LogP contribution in [0.3, 0.4) is 0 Å². The van der Waals surface area contributed by atoms with Crippen LogP contribution in [0, 0.1) is 10.1 Å². The number of benzene rings is 4. The fraction of sp³-hybridized carbons (Fsp3) is 0.103. The highest BCUT2D eigenvalue weighted by Gasteiger charge is 2.14. The van der Waals surface area contributed by atoms with Crippen LogP contribution in [0.15, 0.2) is 90.6 Å². The number of nitro groups is 1. The summed E-state index contributed by atoms with van der Waals surface area (Å²) in [6.07, 6.45) is 3.66. The molecule has 0 saturated carbocycles. The minimum absolute atomic E-state index is 0.00485. The maximum atomic E-state index is 12.6. The topological polar surface area (TPSA) is 123 Å². The van der Waals surface area contributed by atoms with E-state index in [9.17, 15) is 20.0 Å². The molecule has 0 unspecified atom stereocenters. The van der Waals surface area contributed by atoms with E-state index in [1.54, 1.807) is 30.3 Å². The predicted molar refractivity (Wildman–Crippen MR) is 145 cm³/mol. The molecule has 0 spiro atoms. The Morgan fingerprint density at radius 2 is 1.82 bits per heavy atom. The zero-order valence-electron chi connectivity index (χ0n) is 20.6. The van der Waals surface area contributed by atoms with E-state index in [-0.39, 0.29) is 23.6 Å². The first-order valence-corrected chi connectivity index (χ1v) is 11.6. The number of rotatable bonds is 10. The molecule has 0 aliphatic rings. The van der Waals surface area contributed by atoms with E-state index in [1.807, 2.05) is 30.3 Å². The molecule has 9 nitrogen and oxygen atoms in total. The van der Waals surface area contributed by atoms with Gasteiger partial charge >= 0.3 is 0 Å². The van der Waals surface area contributed by atoms with Gasteiger partial charge in [-0.3, -0.25) is 14.9 Å². The number of hydrogen-bond donors (Lipinski definition) is 2. The van der Waals surface area contributed by atoms with Crippen LogP contribution in [0.1, 0.15) is 27.0 Å². The normalized spacial score (nSPS) is 10.9. The van der Waals surface area contributed by atoms with Crippen LogP contribution in [0.5, 0.6) is 17.2 Å². The monoisotopic (exact) mass is 511 g/mol. The molecular formula is C29H25N3O6. The van der Waals surface area contributed by atoms with Crippen LogP contribution in [-0.2, 0) is 13.0 Å². The number of aromatic hydroxyl groups is 1. The lowest BCUT2D eigenvalue weighted by atomic mass is 10.1. The van der Waals surface area contributed by atoms with Crippen LogP contribution in [0.4, 0.5) is 5.69 Å². The van der Waals surface area contributed by atoms with Crippen molar-refractivity contribution in [2.24, 2.45) is 5.10 Å². The number of hydrogen-bond acceptors (Lipinski definition) is 7. The summed E-state index contributed by atoms with van der Waals surface area (Å²) in [7, 11) is 1.51. The van der Waals surface area contributed by atoms with Crippen molar-refractivity contribution < 1.29 is 24.3 Å². The first-order valence-electron chi connectivity index (χ1n) is 11.6. The highest BCUT2D eigenvalue weighted by atomic mass is 16.6. The number of phenolic OH excluding ortho intramolecular Hbond substituents is 1. The first-order chi connectivity index (χ1) is 18.4. The van der Waals surface area contributed by atoms with Gasteiger partial charge in [0.05, 0.1) is 23.8 Å². The van der Waals surface area contributed by atoms with Gasteiger partial charge in [0.25, 0.3) is 11.6 Å². The highest BCUT2D eigenvalue weighted by molar-refractivity contribution is 6.01. The number of carbonyl (C=O) groups excluding carboxylic acids is 1. The van der Waals surface area contributed by atoms with Crippen molar-refractivity contribution in [1.29, 1.82) is 0 Å². The Labute approximate surface area is 218 Å². The Balaban J connectivity index is 1.51. The molecule has 192 valence electrons. The number of phenols is 1. The van der Waals surface area contributed by atoms with Crippen molar-refractivity contribution in [3.8, 4) is 17.2 Å². The van der Waals surface area contributed by atoms with Gasteiger partial charge < -0.3 is 14.6 Å². The van der Waals surface area contributed by atoms with Gasteiger partial charge in [0.2, 0.25) is 0 Å². The predicted octanol–water partition coefficient (Wildman–Crippen LogP) is 5.53. The van der Waals surface area contributed by atoms with Crippen molar-refractivity contribution in [3.05, 3.63) is 118 Å². The molecule has 0 heterocycles. The molecular weight excluding hydrogens is 486 g/mol. The Bertz CT molecular complexity index is 1530. The Hall–Kier alpha value is -5.18. The summed E-state index contributed by atoms with van der Waals surface area (Å²) < 4.78 is 11.6. The number of methoxy groups -OCH3 is 1. The van der Waals surface area contributed by atoms with Crippen molar-refractivity contribution in [1.82, 2.24) is 5.43 Å². The van der Waals surface area contributed by atoms with Gasteiger partial charge in [0.15, 0.2) is 11.5 Å². The minimum Gasteiger partial charge on any atom is -0.507 e. The Kier molecular flexibility index (Phi) is 7.98. The van der Waals surface area contributed by atoms with Crippen LogP contribution in [-0.4, -0.2) is 29.3 Å². The highest BCUT2D eigenvalue weighted by Crippen LogP contribution is 2.34. The SMILES string of the molecule is C=CCc1cc(C=NNC(=O)c2cc3ccccc3cc2O)cc(OC)c1OCc1ccc([N+](=O)[O-])cc1. The second-order valence-corrected chi connectivity index (χ2v) is 8.33. The number of amides is 1. The lowest BCUT2D eigenvalue weighted by molar-refractivity contribution is -0.384. The first kappa shape index (κ1) is 25.9. The van der Waals surface area contributed by atoms with Gasteiger partial charge in [-0.1, -0.05) is 30.3 Å². The molecule has 4 aromatic rings. The van der Waals surface area contributed by atoms with E-state index in [4.69, 9.17) is 9.47 Å². The van der Waals surface area contributed by atoms with Crippen molar-refractivity contribution >= 4 is 28.6 Å². The lowest BCUT2D eigenvalue weighted by Crippen LogP contribution is -2.17. The van der Waals surface area contributed by atoms with E-state index in [0.29, 0.717) is 23.5 Å². The lowest BCUT2D eigenvalue weighted by Gasteiger charge is -2.16. The van der Waals surface area contributed by atoms with E-state index in [0.717, 1.165) is 21.9 Å². The summed E-state index contributed by atoms with van der Waals surface area (Å²) in [4.78, 5) is 23.1. The molecule has 2 N–H and O–H groups in total. The fourth-order valence-corrected chi connectivity index (χ4v) is 3.89. The van der Waals surface area contributed by atoms with Crippen molar-refractivity contribution in [2.75, 3.05) is 7.11 Å². The molecule has 0 bridgehead atoms. The molecule has 0 radical (unpaired) electrons. The molecule has 4 rings (SSSR count). The summed E-state index contributed by atoms with van der Waals surface area (Å²) in [5.74, 6) is 0.269. The van der Waals surface area contributed by atoms with Gasteiger partial charge in [0.1, 0.15) is 12.4 Å². The van der Waals surface area contributed by atoms with E-state index in [2.05, 4.69) is 17.1 Å². The molecule has 9 heteroatoms. The Morgan fingerprint density at radius 3 is 2.47 bits per heavy atom. The largest absolute Gasteiger partial charge is 0.507 e. The number of ether oxygens (including phenoxy) is 2. The third kappa shape index (κ3) is 5.96. The quantitative estimate of drug-likeness (QED) is 0.125. The third-order valence-electron chi connectivity index (χ3n) is 5.76. The number of nitro benzene ring substituents is 1. The molecule has 1 amide bonds. The molecule has 0 atom stereocenters. The van der Waals surface area contributed by atoms with E-state index < -0.39 is 10.8 Å². The summed E-state index contributed by atoms with van der Waals surface area (Å²) in [6, 6.07) is 20.2. The van der Waals surface area contributed by atoms with Crippen LogP contribution in [0.25, 0.3) is 10.8 Å². The number of carbonyl (C=O) groups is 1. The zero-order valence-corrected chi connectivity index (χ0v) is 20.6. The number of non-ortho nitro benzene ring substituents is 1. The fourth-order valence-electron chi connectivity index (χ4n) is 3.89. The zero-order chi connectivity index (χ0) is 27.1. The number of allylic oxidation sites excluding steroid dienone is 1. The van der Waals surface area contributed by atoms with Gasteiger partial charge in [-0.05, 0) is 64.7 Å². The minimum atomic E-state index is -0.550. The second kappa shape index (κ2) is 11.7. The second-order valence-electron chi connectivity index (χ2n) is 8.33. The van der Waals surface area contributed by atoms with Crippen LogP contribution in [0.2, 0.25) is 0 Å². The van der Waals surface area contributed by atoms with Gasteiger partial charge in [-0.25, -0.2) is 5.43 Å². The maximum Gasteiger partial charge on any atom is 0.275 e. The standard InChI is InChI=1S/C29H25N3O6/c1-3-6-23-13-20(14-27(37-2)28(23)38-18-19-9-11-24(12-10-19)32(35)36)17-30-31-29(34)25-15-21-7-4-5-8-22(21)16-26(25)33/h3-5,7-17,33H,1,6,18H2,2H3,(H,31,34). The average molecular weight is 512 g/mol. The molecule has 0 saturated heterocycles. The Morgan fingerprint density at radius 1 is 1.11 bits per heavy atom. The summed E-state index contributed by atoms with van der Waals surface area (Å²) >= 11 is 0. The maximum absolute atomic E-state index is 12.6. The molecule has 0 aliphatic heterocycles. The van der Waals surface area contributed by atoms with E-state index in [1.165, 1.54) is 31.5 Å². The molecule has 4 aromatic carbocycles. The smallest absolute Gasteiger partial charge is 0.275 e. The van der Waals surface area contributed by atoms with Gasteiger partial charge in [-0.15, -0.1) is 6.58 Å². The molecule has 0 aromatic heterocycles. The third-order valence-corrected chi connectivity index (χ3v) is 5.76. The molecule has 0 fully saturated rings. The van der Waals surface area contributed by atoms with Crippen molar-refractivity contribution in [2.45, 2.75) is 13.0 Å². The van der Waals surface area contributed by atoms with Crippen molar-refractivity contribution in [3.63, 3.8) is 0 Å². The average Bonchev–Trinajstić information content (AvgIpc) is 2.92. The molecule has 38 heavy (non-hydrogen) atoms. The van der Waals surface area contributed by atoms with Crippen LogP contribution < -0.4 is 14.9 Å². The van der Waals surface area contributed by atoms with Crippen LogP contribution >= 0.6 is 0 Å². The molecule has 0 aliphatic carbocycles. The van der Waals surface area contributed by atoms with E-state index >= 15 is 0 Å². The number of fused-ring (bicyclic) bond motifs is 1. The summed E-state index contributed by atoms with van der Waals surface area (Å²) in [5, 5.41) is 26.8. The summed E-state index contributed by atoms with van der Waals surface area (Å²) in [5.41, 5.74) is 4.74. The number of nitrogens with one attached hydrogen (secondary N) is 1. The van der Waals surface area contributed by atoms with Gasteiger partial charge in [0, 0.05) is 17.7 Å².